The van der Waals surface area contributed by atoms with Crippen molar-refractivity contribution in [2.75, 3.05) is 9.80 Å². The van der Waals surface area contributed by atoms with E-state index >= 15 is 0 Å². The van der Waals surface area contributed by atoms with E-state index < -0.39 is 0 Å². The van der Waals surface area contributed by atoms with E-state index in [4.69, 9.17) is 4.42 Å². The van der Waals surface area contributed by atoms with Crippen LogP contribution in [0.4, 0.5) is 34.1 Å². The molecule has 0 saturated heterocycles. The van der Waals surface area contributed by atoms with Gasteiger partial charge in [-0.05, 0) is 95.4 Å². The molecule has 0 bridgehead atoms. The van der Waals surface area contributed by atoms with Gasteiger partial charge >= 0.3 is 0 Å². The second kappa shape index (κ2) is 9.67. The third kappa shape index (κ3) is 3.89. The number of aryl methyl sites for hydroxylation is 1. The number of hydrogen-bond acceptors (Lipinski definition) is 3. The van der Waals surface area contributed by atoms with Crippen molar-refractivity contribution >= 4 is 68.4 Å². The molecule has 0 radical (unpaired) electrons. The molecule has 3 heterocycles. The molecule has 0 amide bonds. The van der Waals surface area contributed by atoms with Gasteiger partial charge in [-0.25, -0.2) is 0 Å². The van der Waals surface area contributed by atoms with Crippen molar-refractivity contribution in [3.05, 3.63) is 126 Å². The molecular formula is C39H35BN2O. The van der Waals surface area contributed by atoms with E-state index in [0.717, 1.165) is 28.0 Å². The third-order valence-corrected chi connectivity index (χ3v) is 9.30. The second-order valence-electron chi connectivity index (χ2n) is 12.7. The fraction of sp³-hybridized carbons (Fsp3) is 0.179. The Balaban J connectivity index is 1.45. The number of fused-ring (bicyclic) bond motifs is 6. The number of anilines is 6. The van der Waals surface area contributed by atoms with Crippen LogP contribution in [0, 0.1) is 6.92 Å². The Morgan fingerprint density at radius 3 is 1.95 bits per heavy atom. The average Bonchev–Trinajstić information content (AvgIpc) is 3.40. The summed E-state index contributed by atoms with van der Waals surface area (Å²) >= 11 is 0. The van der Waals surface area contributed by atoms with E-state index in [-0.39, 0.29) is 6.71 Å². The van der Waals surface area contributed by atoms with Crippen molar-refractivity contribution in [3.63, 3.8) is 0 Å². The average molecular weight is 559 g/mol. The predicted molar refractivity (Wildman–Crippen MR) is 183 cm³/mol. The zero-order valence-corrected chi connectivity index (χ0v) is 25.4. The Morgan fingerprint density at radius 1 is 0.605 bits per heavy atom. The van der Waals surface area contributed by atoms with Crippen molar-refractivity contribution in [1.82, 2.24) is 0 Å². The molecule has 4 heteroatoms. The highest BCUT2D eigenvalue weighted by Gasteiger charge is 2.46. The predicted octanol–water partition coefficient (Wildman–Crippen LogP) is 9.07. The van der Waals surface area contributed by atoms with E-state index in [1.54, 1.807) is 0 Å². The largest absolute Gasteiger partial charge is 0.468 e. The molecular weight excluding hydrogens is 523 g/mol. The Bertz CT molecular complexity index is 2000. The molecule has 0 N–H and O–H groups in total. The zero-order chi connectivity index (χ0) is 29.4. The Morgan fingerprint density at radius 2 is 1.23 bits per heavy atom. The van der Waals surface area contributed by atoms with Crippen LogP contribution in [0.15, 0.2) is 114 Å². The van der Waals surface area contributed by atoms with E-state index in [9.17, 15) is 0 Å². The van der Waals surface area contributed by atoms with Gasteiger partial charge in [0.25, 0.3) is 6.71 Å². The monoisotopic (exact) mass is 558 g/mol. The Hall–Kier alpha value is -4.70. The van der Waals surface area contributed by atoms with Crippen LogP contribution in [0.25, 0.3) is 11.0 Å². The number of para-hydroxylation sites is 1. The summed E-state index contributed by atoms with van der Waals surface area (Å²) in [5.74, 6) is 0.909. The maximum absolute atomic E-state index is 6.87. The molecule has 0 aliphatic carbocycles. The van der Waals surface area contributed by atoms with Crippen LogP contribution in [0.2, 0.25) is 0 Å². The summed E-state index contributed by atoms with van der Waals surface area (Å²) in [5.41, 5.74) is 15.5. The zero-order valence-electron chi connectivity index (χ0n) is 25.4. The molecule has 1 aromatic heterocycles. The lowest BCUT2D eigenvalue weighted by Crippen LogP contribution is -2.61. The molecule has 8 rings (SSSR count). The van der Waals surface area contributed by atoms with E-state index in [0.29, 0.717) is 11.8 Å². The van der Waals surface area contributed by atoms with E-state index in [1.165, 1.54) is 50.4 Å². The van der Waals surface area contributed by atoms with Gasteiger partial charge in [-0.2, -0.15) is 0 Å². The van der Waals surface area contributed by atoms with Crippen molar-refractivity contribution in [1.29, 1.82) is 0 Å². The van der Waals surface area contributed by atoms with Gasteiger partial charge in [0, 0.05) is 33.8 Å². The normalized spacial score (nSPS) is 13.5. The number of nitrogens with zero attached hydrogens (tertiary/aromatic N) is 2. The van der Waals surface area contributed by atoms with Crippen LogP contribution in [0.1, 0.15) is 56.2 Å². The van der Waals surface area contributed by atoms with Crippen molar-refractivity contribution in [2.45, 2.75) is 46.5 Å². The first-order valence-corrected chi connectivity index (χ1v) is 15.5. The molecule has 2 aliphatic rings. The lowest BCUT2D eigenvalue weighted by atomic mass is 9.35. The SMILES string of the molecule is Cc1ccc(N2c3cccc4c3B(c3ccc(C(C)C)cc3N4c3ccc(C(C)C)cc3)c3oc4ccccc4c32)cc1. The minimum atomic E-state index is -0.0160. The van der Waals surface area contributed by atoms with Crippen LogP contribution >= 0.6 is 0 Å². The summed E-state index contributed by atoms with van der Waals surface area (Å²) in [7, 11) is 0. The second-order valence-corrected chi connectivity index (χ2v) is 12.7. The molecule has 210 valence electrons. The van der Waals surface area contributed by atoms with Gasteiger partial charge in [-0.1, -0.05) is 87.9 Å². The molecule has 5 aromatic carbocycles. The molecule has 43 heavy (non-hydrogen) atoms. The molecule has 6 aromatic rings. The maximum atomic E-state index is 6.87. The van der Waals surface area contributed by atoms with Crippen molar-refractivity contribution < 1.29 is 4.42 Å². The first-order valence-electron chi connectivity index (χ1n) is 15.5. The van der Waals surface area contributed by atoms with Gasteiger partial charge in [0.1, 0.15) is 5.58 Å². The Kier molecular flexibility index (Phi) is 5.84. The summed E-state index contributed by atoms with van der Waals surface area (Å²) in [4.78, 5) is 4.89. The van der Waals surface area contributed by atoms with Crippen molar-refractivity contribution in [2.24, 2.45) is 0 Å². The molecule has 2 aliphatic heterocycles. The van der Waals surface area contributed by atoms with Crippen molar-refractivity contribution in [3.8, 4) is 0 Å². The minimum Gasteiger partial charge on any atom is -0.468 e. The summed E-state index contributed by atoms with van der Waals surface area (Å²) in [5, 5.41) is 1.14. The van der Waals surface area contributed by atoms with Gasteiger partial charge in [-0.15, -0.1) is 0 Å². The number of hydrogen-bond donors (Lipinski definition) is 0. The van der Waals surface area contributed by atoms with Crippen LogP contribution in [-0.4, -0.2) is 6.71 Å². The molecule has 0 fully saturated rings. The van der Waals surface area contributed by atoms with Crippen LogP contribution in [0.3, 0.4) is 0 Å². The fourth-order valence-corrected chi connectivity index (χ4v) is 6.99. The molecule has 0 unspecified atom stereocenters. The quantitative estimate of drug-likeness (QED) is 0.201. The topological polar surface area (TPSA) is 19.6 Å². The van der Waals surface area contributed by atoms with E-state index in [1.807, 2.05) is 0 Å². The Labute approximate surface area is 254 Å². The highest BCUT2D eigenvalue weighted by Crippen LogP contribution is 2.46. The lowest BCUT2D eigenvalue weighted by molar-refractivity contribution is 0.651. The smallest absolute Gasteiger partial charge is 0.297 e. The standard InChI is InChI=1S/C39H35BN2O/c1-24(2)27-15-20-29(21-16-27)41-33-10-8-11-34-37(33)40(32-22-17-28(25(3)4)23-35(32)41)39-38(31-9-6-7-12-36(31)43-39)42(34)30-18-13-26(5)14-19-30/h6-25H,1-5H3. The van der Waals surface area contributed by atoms with Gasteiger partial charge in [0.05, 0.1) is 11.3 Å². The van der Waals surface area contributed by atoms with Gasteiger partial charge in [0.15, 0.2) is 0 Å². The van der Waals surface area contributed by atoms with Gasteiger partial charge in [-0.3, -0.25) is 0 Å². The molecule has 3 nitrogen and oxygen atoms in total. The van der Waals surface area contributed by atoms with Crippen LogP contribution in [-0.2, 0) is 0 Å². The van der Waals surface area contributed by atoms with Gasteiger partial charge in [0.2, 0.25) is 0 Å². The summed E-state index contributed by atoms with van der Waals surface area (Å²) < 4.78 is 6.87. The molecule has 0 atom stereocenters. The molecule has 0 saturated carbocycles. The molecule has 0 spiro atoms. The summed E-state index contributed by atoms with van der Waals surface area (Å²) in [6, 6.07) is 40.3. The lowest BCUT2D eigenvalue weighted by Gasteiger charge is -2.42. The van der Waals surface area contributed by atoms with Gasteiger partial charge < -0.3 is 14.2 Å². The number of benzene rings is 5. The van der Waals surface area contributed by atoms with Crippen LogP contribution < -0.4 is 26.4 Å². The first kappa shape index (κ1) is 26.0. The minimum absolute atomic E-state index is 0.0160. The third-order valence-electron chi connectivity index (χ3n) is 9.30. The van der Waals surface area contributed by atoms with E-state index in [2.05, 4.69) is 154 Å². The fourth-order valence-electron chi connectivity index (χ4n) is 6.99. The summed E-state index contributed by atoms with van der Waals surface area (Å²) in [6.07, 6.45) is 0. The highest BCUT2D eigenvalue weighted by molar-refractivity contribution is 6.99. The summed E-state index contributed by atoms with van der Waals surface area (Å²) in [6.45, 7) is 11.2. The highest BCUT2D eigenvalue weighted by atomic mass is 16.3. The van der Waals surface area contributed by atoms with Crippen LogP contribution in [0.5, 0.6) is 0 Å². The maximum Gasteiger partial charge on any atom is 0.297 e. The number of furan rings is 1. The number of rotatable bonds is 4. The first-order chi connectivity index (χ1) is 20.9.